The van der Waals surface area contributed by atoms with Crippen LogP contribution in [0.3, 0.4) is 0 Å². The number of fused-ring (bicyclic) bond motifs is 3. The second kappa shape index (κ2) is 11.7. The van der Waals surface area contributed by atoms with Crippen molar-refractivity contribution in [1.29, 1.82) is 0 Å². The largest absolute Gasteiger partial charge is 0.455 e. The smallest absolute Gasteiger partial charge is 0.417 e. The fourth-order valence-corrected chi connectivity index (χ4v) is 4.94. The minimum absolute atomic E-state index is 0.0761. The van der Waals surface area contributed by atoms with Gasteiger partial charge in [0.15, 0.2) is 0 Å². The molecule has 4 N–H and O–H groups in total. The standard InChI is InChI=1S/C29H27BrN4O5/c1-31-20-14-23-22-13-19(33-29(37)38-21-10-7-18(30)8-11-21)9-12-24(22)34-27(23)25(15-20)39-26(35)16-32-28(36)17-5-3-2-4-6-17/h2-13,20,25,31,34H,14-16H2,1H3,(H,32,36)(H,33,37). The van der Waals surface area contributed by atoms with Crippen LogP contribution in [0.4, 0.5) is 10.5 Å². The number of hydrogen-bond donors (Lipinski definition) is 4. The Morgan fingerprint density at radius 2 is 1.79 bits per heavy atom. The van der Waals surface area contributed by atoms with E-state index in [0.29, 0.717) is 23.4 Å². The third-order valence-electron chi connectivity index (χ3n) is 6.59. The summed E-state index contributed by atoms with van der Waals surface area (Å²) in [5.74, 6) is -0.435. The van der Waals surface area contributed by atoms with Gasteiger partial charge in [-0.15, -0.1) is 0 Å². The third-order valence-corrected chi connectivity index (χ3v) is 7.12. The predicted octanol–water partition coefficient (Wildman–Crippen LogP) is 5.09. The normalized spacial score (nSPS) is 16.3. The summed E-state index contributed by atoms with van der Waals surface area (Å²) in [7, 11) is 1.87. The van der Waals surface area contributed by atoms with Crippen molar-refractivity contribution in [3.8, 4) is 5.75 Å². The number of halogens is 1. The van der Waals surface area contributed by atoms with Gasteiger partial charge in [0.05, 0.1) is 5.69 Å². The Balaban J connectivity index is 1.29. The summed E-state index contributed by atoms with van der Waals surface area (Å²) >= 11 is 3.36. The van der Waals surface area contributed by atoms with Crippen LogP contribution in [-0.4, -0.2) is 42.6 Å². The number of likely N-dealkylation sites (N-methyl/N-ethyl adjacent to an activating group) is 1. The maximum Gasteiger partial charge on any atom is 0.417 e. The Kier molecular flexibility index (Phi) is 7.94. The van der Waals surface area contributed by atoms with E-state index < -0.39 is 18.2 Å². The number of nitrogens with one attached hydrogen (secondary N) is 4. The molecule has 200 valence electrons. The van der Waals surface area contributed by atoms with Gasteiger partial charge in [-0.25, -0.2) is 4.79 Å². The van der Waals surface area contributed by atoms with Crippen LogP contribution in [0, 0.1) is 0 Å². The number of esters is 1. The lowest BCUT2D eigenvalue weighted by Gasteiger charge is -2.29. The van der Waals surface area contributed by atoms with E-state index in [0.717, 1.165) is 33.1 Å². The number of aromatic nitrogens is 1. The number of amides is 2. The van der Waals surface area contributed by atoms with Crippen molar-refractivity contribution < 1.29 is 23.9 Å². The Labute approximate surface area is 233 Å². The molecule has 39 heavy (non-hydrogen) atoms. The van der Waals surface area contributed by atoms with Crippen molar-refractivity contribution in [2.75, 3.05) is 18.9 Å². The first kappa shape index (κ1) is 26.5. The molecule has 0 radical (unpaired) electrons. The van der Waals surface area contributed by atoms with Crippen molar-refractivity contribution in [3.63, 3.8) is 0 Å². The van der Waals surface area contributed by atoms with Gasteiger partial charge < -0.3 is 25.1 Å². The zero-order chi connectivity index (χ0) is 27.4. The first-order chi connectivity index (χ1) is 18.9. The molecule has 0 bridgehead atoms. The highest BCUT2D eigenvalue weighted by Gasteiger charge is 2.32. The number of carbonyl (C=O) groups is 3. The summed E-state index contributed by atoms with van der Waals surface area (Å²) in [5.41, 5.74) is 3.74. The zero-order valence-electron chi connectivity index (χ0n) is 21.1. The van der Waals surface area contributed by atoms with Crippen LogP contribution in [0.1, 0.15) is 34.1 Å². The van der Waals surface area contributed by atoms with E-state index in [1.54, 1.807) is 54.6 Å². The molecule has 5 rings (SSSR count). The molecule has 4 aromatic rings. The zero-order valence-corrected chi connectivity index (χ0v) is 22.7. The number of H-pyrrole nitrogens is 1. The molecule has 2 amide bonds. The lowest BCUT2D eigenvalue weighted by molar-refractivity contribution is -0.149. The fourth-order valence-electron chi connectivity index (χ4n) is 4.67. The van der Waals surface area contributed by atoms with Gasteiger partial charge in [0.1, 0.15) is 18.4 Å². The van der Waals surface area contributed by atoms with Crippen molar-refractivity contribution >= 4 is 50.5 Å². The quantitative estimate of drug-likeness (QED) is 0.222. The van der Waals surface area contributed by atoms with Gasteiger partial charge >= 0.3 is 12.1 Å². The Hall–Kier alpha value is -4.15. The van der Waals surface area contributed by atoms with E-state index in [4.69, 9.17) is 9.47 Å². The summed E-state index contributed by atoms with van der Waals surface area (Å²) in [6, 6.07) is 21.3. The molecule has 0 saturated carbocycles. The molecule has 0 saturated heterocycles. The van der Waals surface area contributed by atoms with Crippen LogP contribution < -0.4 is 20.7 Å². The molecular weight excluding hydrogens is 564 g/mol. The van der Waals surface area contributed by atoms with E-state index in [1.807, 2.05) is 25.2 Å². The maximum absolute atomic E-state index is 12.7. The molecule has 1 aliphatic rings. The fraction of sp³-hybridized carbons (Fsp3) is 0.207. The van der Waals surface area contributed by atoms with Gasteiger partial charge in [0, 0.05) is 39.1 Å². The van der Waals surface area contributed by atoms with Gasteiger partial charge in [0.25, 0.3) is 5.91 Å². The molecule has 1 heterocycles. The predicted molar refractivity (Wildman–Crippen MR) is 151 cm³/mol. The van der Waals surface area contributed by atoms with Crippen molar-refractivity contribution in [2.24, 2.45) is 0 Å². The average molecular weight is 591 g/mol. The summed E-state index contributed by atoms with van der Waals surface area (Å²) < 4.78 is 12.1. The first-order valence-corrected chi connectivity index (χ1v) is 13.3. The summed E-state index contributed by atoms with van der Waals surface area (Å²) in [6.45, 7) is -0.238. The number of ether oxygens (including phenoxy) is 2. The van der Waals surface area contributed by atoms with Crippen LogP contribution in [0.15, 0.2) is 77.3 Å². The minimum atomic E-state index is -0.599. The van der Waals surface area contributed by atoms with Gasteiger partial charge in [-0.1, -0.05) is 34.1 Å². The lowest BCUT2D eigenvalue weighted by Crippen LogP contribution is -2.36. The Morgan fingerprint density at radius 1 is 1.03 bits per heavy atom. The minimum Gasteiger partial charge on any atom is -0.455 e. The summed E-state index contributed by atoms with van der Waals surface area (Å²) in [6.07, 6.45) is 0.188. The molecule has 1 aliphatic carbocycles. The molecule has 1 aromatic heterocycles. The molecule has 9 nitrogen and oxygen atoms in total. The highest BCUT2D eigenvalue weighted by molar-refractivity contribution is 9.10. The second-order valence-corrected chi connectivity index (χ2v) is 10.1. The van der Waals surface area contributed by atoms with Gasteiger partial charge in [-0.2, -0.15) is 0 Å². The number of anilines is 1. The van der Waals surface area contributed by atoms with E-state index in [-0.39, 0.29) is 18.5 Å². The Bertz CT molecular complexity index is 1500. The highest BCUT2D eigenvalue weighted by Crippen LogP contribution is 2.38. The van der Waals surface area contributed by atoms with E-state index in [2.05, 4.69) is 36.9 Å². The molecule has 0 aliphatic heterocycles. The van der Waals surface area contributed by atoms with E-state index in [1.165, 1.54) is 0 Å². The molecule has 2 unspecified atom stereocenters. The number of carbonyl (C=O) groups excluding carboxylic acids is 3. The van der Waals surface area contributed by atoms with Crippen LogP contribution in [0.25, 0.3) is 10.9 Å². The van der Waals surface area contributed by atoms with Crippen LogP contribution >= 0.6 is 15.9 Å². The van der Waals surface area contributed by atoms with E-state index >= 15 is 0 Å². The van der Waals surface area contributed by atoms with Gasteiger partial charge in [-0.05, 0) is 73.6 Å². The molecular formula is C29H27BrN4O5. The molecule has 0 fully saturated rings. The summed E-state index contributed by atoms with van der Waals surface area (Å²) in [4.78, 5) is 40.8. The SMILES string of the molecule is CNC1Cc2c([nH]c3ccc(NC(=O)Oc4ccc(Br)cc4)cc23)C(OC(=O)CNC(=O)c2ccccc2)C1. The van der Waals surface area contributed by atoms with Crippen LogP contribution in [-0.2, 0) is 16.0 Å². The van der Waals surface area contributed by atoms with Crippen molar-refractivity contribution in [2.45, 2.75) is 25.0 Å². The topological polar surface area (TPSA) is 122 Å². The number of rotatable bonds is 7. The van der Waals surface area contributed by atoms with Crippen LogP contribution in [0.2, 0.25) is 0 Å². The van der Waals surface area contributed by atoms with Crippen LogP contribution in [0.5, 0.6) is 5.75 Å². The number of benzene rings is 3. The maximum atomic E-state index is 12.7. The van der Waals surface area contributed by atoms with E-state index in [9.17, 15) is 14.4 Å². The number of hydrogen-bond acceptors (Lipinski definition) is 6. The second-order valence-electron chi connectivity index (χ2n) is 9.20. The monoisotopic (exact) mass is 590 g/mol. The highest BCUT2D eigenvalue weighted by atomic mass is 79.9. The average Bonchev–Trinajstić information content (AvgIpc) is 3.31. The molecule has 2 atom stereocenters. The summed E-state index contributed by atoms with van der Waals surface area (Å²) in [5, 5.41) is 9.60. The van der Waals surface area contributed by atoms with Crippen molar-refractivity contribution in [3.05, 3.63) is 94.1 Å². The van der Waals surface area contributed by atoms with Gasteiger partial charge in [0.2, 0.25) is 0 Å². The molecule has 0 spiro atoms. The third kappa shape index (κ3) is 6.30. The molecule has 3 aromatic carbocycles. The Morgan fingerprint density at radius 3 is 2.54 bits per heavy atom. The van der Waals surface area contributed by atoms with Gasteiger partial charge in [-0.3, -0.25) is 14.9 Å². The lowest BCUT2D eigenvalue weighted by atomic mass is 9.89. The van der Waals surface area contributed by atoms with Crippen molar-refractivity contribution in [1.82, 2.24) is 15.6 Å². The number of aromatic amines is 1. The molecule has 10 heteroatoms. The first-order valence-electron chi connectivity index (χ1n) is 12.5.